The zero-order chi connectivity index (χ0) is 16.5. The molecule has 1 atom stereocenters. The Labute approximate surface area is 146 Å². The van der Waals surface area contributed by atoms with E-state index in [0.29, 0.717) is 12.8 Å². The summed E-state index contributed by atoms with van der Waals surface area (Å²) in [5.41, 5.74) is 7.19. The van der Waals surface area contributed by atoms with Gasteiger partial charge in [-0.15, -0.1) is 0 Å². The van der Waals surface area contributed by atoms with E-state index in [4.69, 9.17) is 9.47 Å². The van der Waals surface area contributed by atoms with Gasteiger partial charge in [0, 0.05) is 42.8 Å². The number of benzene rings is 2. The summed E-state index contributed by atoms with van der Waals surface area (Å²) >= 11 is 0. The Morgan fingerprint density at radius 3 is 2.84 bits per heavy atom. The van der Waals surface area contributed by atoms with Crippen LogP contribution in [0, 0.1) is 0 Å². The van der Waals surface area contributed by atoms with E-state index in [2.05, 4.69) is 52.9 Å². The summed E-state index contributed by atoms with van der Waals surface area (Å²) in [6.07, 6.45) is 2.16. The minimum Gasteiger partial charge on any atom is -0.454 e. The molecule has 0 N–H and O–H groups in total. The maximum absolute atomic E-state index is 5.64. The van der Waals surface area contributed by atoms with Gasteiger partial charge in [-0.05, 0) is 47.7 Å². The van der Waals surface area contributed by atoms with Gasteiger partial charge < -0.3 is 14.0 Å². The molecule has 4 heterocycles. The molecule has 0 radical (unpaired) electrons. The maximum atomic E-state index is 5.64. The monoisotopic (exact) mass is 332 g/mol. The van der Waals surface area contributed by atoms with Crippen LogP contribution >= 0.6 is 0 Å². The van der Waals surface area contributed by atoms with E-state index in [0.717, 1.165) is 37.4 Å². The van der Waals surface area contributed by atoms with Crippen LogP contribution in [0.1, 0.15) is 28.4 Å². The molecule has 126 valence electrons. The van der Waals surface area contributed by atoms with Gasteiger partial charge in [-0.1, -0.05) is 18.2 Å². The Morgan fingerprint density at radius 2 is 1.92 bits per heavy atom. The summed E-state index contributed by atoms with van der Waals surface area (Å²) in [6, 6.07) is 13.7. The third-order valence-corrected chi connectivity index (χ3v) is 6.20. The van der Waals surface area contributed by atoms with Gasteiger partial charge in [0.1, 0.15) is 0 Å². The van der Waals surface area contributed by atoms with Crippen LogP contribution < -0.4 is 9.47 Å². The molecule has 0 aliphatic carbocycles. The fourth-order valence-electron chi connectivity index (χ4n) is 4.91. The van der Waals surface area contributed by atoms with Gasteiger partial charge in [-0.25, -0.2) is 0 Å². The van der Waals surface area contributed by atoms with Crippen molar-refractivity contribution in [3.8, 4) is 11.5 Å². The SMILES string of the molecule is Cn1c2c(c3ccccc31)C[C@@H]1c3cc4c(cc3CCN1C2)OCO4. The van der Waals surface area contributed by atoms with Gasteiger partial charge in [-0.2, -0.15) is 0 Å². The molecule has 4 nitrogen and oxygen atoms in total. The molecule has 0 amide bonds. The topological polar surface area (TPSA) is 26.6 Å². The largest absolute Gasteiger partial charge is 0.454 e. The predicted molar refractivity (Wildman–Crippen MR) is 96.0 cm³/mol. The third kappa shape index (κ3) is 1.80. The van der Waals surface area contributed by atoms with E-state index in [-0.39, 0.29) is 0 Å². The minimum absolute atomic E-state index is 0.347. The molecule has 2 aromatic carbocycles. The number of para-hydroxylation sites is 1. The Kier molecular flexibility index (Phi) is 2.64. The smallest absolute Gasteiger partial charge is 0.231 e. The molecule has 6 rings (SSSR count). The third-order valence-electron chi connectivity index (χ3n) is 6.20. The van der Waals surface area contributed by atoms with E-state index in [1.807, 2.05) is 0 Å². The van der Waals surface area contributed by atoms with Crippen molar-refractivity contribution in [3.63, 3.8) is 0 Å². The fraction of sp³-hybridized carbons (Fsp3) is 0.333. The van der Waals surface area contributed by atoms with Crippen molar-refractivity contribution in [1.82, 2.24) is 9.47 Å². The zero-order valence-electron chi connectivity index (χ0n) is 14.3. The van der Waals surface area contributed by atoms with Crippen LogP contribution in [0.4, 0.5) is 0 Å². The number of aromatic nitrogens is 1. The number of hydrogen-bond acceptors (Lipinski definition) is 3. The highest BCUT2D eigenvalue weighted by molar-refractivity contribution is 5.86. The molecule has 0 saturated carbocycles. The molecule has 25 heavy (non-hydrogen) atoms. The molecule has 3 aliphatic rings. The van der Waals surface area contributed by atoms with Crippen LogP contribution in [-0.2, 0) is 26.4 Å². The lowest BCUT2D eigenvalue weighted by Crippen LogP contribution is -2.39. The minimum atomic E-state index is 0.347. The lowest BCUT2D eigenvalue weighted by Gasteiger charge is -2.41. The van der Waals surface area contributed by atoms with Gasteiger partial charge >= 0.3 is 0 Å². The van der Waals surface area contributed by atoms with Crippen LogP contribution in [-0.4, -0.2) is 22.8 Å². The summed E-state index contributed by atoms with van der Waals surface area (Å²) < 4.78 is 13.6. The fourth-order valence-corrected chi connectivity index (χ4v) is 4.91. The number of aryl methyl sites for hydroxylation is 1. The highest BCUT2D eigenvalue weighted by atomic mass is 16.7. The summed E-state index contributed by atoms with van der Waals surface area (Å²) in [4.78, 5) is 2.63. The number of ether oxygens (including phenoxy) is 2. The lowest BCUT2D eigenvalue weighted by atomic mass is 9.85. The molecule has 4 heteroatoms. The number of hydrogen-bond donors (Lipinski definition) is 0. The van der Waals surface area contributed by atoms with Gasteiger partial charge in [-0.3, -0.25) is 4.90 Å². The average Bonchev–Trinajstić information content (AvgIpc) is 3.22. The second kappa shape index (κ2) is 4.79. The highest BCUT2D eigenvalue weighted by Gasteiger charge is 2.35. The Morgan fingerprint density at radius 1 is 1.08 bits per heavy atom. The summed E-state index contributed by atoms with van der Waals surface area (Å²) in [5, 5.41) is 1.41. The quantitative estimate of drug-likeness (QED) is 0.630. The van der Waals surface area contributed by atoms with E-state index in [1.165, 1.54) is 33.3 Å². The molecule has 0 unspecified atom stereocenters. The number of rotatable bonds is 0. The Balaban J connectivity index is 1.51. The molecule has 0 spiro atoms. The van der Waals surface area contributed by atoms with Crippen molar-refractivity contribution in [1.29, 1.82) is 0 Å². The predicted octanol–water partition coefficient (Wildman–Crippen LogP) is 3.56. The summed E-state index contributed by atoms with van der Waals surface area (Å²) in [6.45, 7) is 2.48. The first-order chi connectivity index (χ1) is 12.3. The number of nitrogens with zero attached hydrogens (tertiary/aromatic N) is 2. The van der Waals surface area contributed by atoms with Crippen LogP contribution in [0.2, 0.25) is 0 Å². The van der Waals surface area contributed by atoms with E-state index in [9.17, 15) is 0 Å². The van der Waals surface area contributed by atoms with Crippen molar-refractivity contribution in [2.45, 2.75) is 25.4 Å². The van der Waals surface area contributed by atoms with Crippen molar-refractivity contribution >= 4 is 10.9 Å². The molecule has 0 fully saturated rings. The first kappa shape index (κ1) is 13.8. The Bertz CT molecular complexity index is 1020. The van der Waals surface area contributed by atoms with Crippen molar-refractivity contribution in [2.75, 3.05) is 13.3 Å². The first-order valence-corrected chi connectivity index (χ1v) is 9.01. The van der Waals surface area contributed by atoms with Crippen LogP contribution in [0.25, 0.3) is 10.9 Å². The highest BCUT2D eigenvalue weighted by Crippen LogP contribution is 2.45. The van der Waals surface area contributed by atoms with Gasteiger partial charge in [0.05, 0.1) is 0 Å². The molecule has 1 aromatic heterocycles. The molecule has 3 aromatic rings. The second-order valence-corrected chi connectivity index (χ2v) is 7.35. The maximum Gasteiger partial charge on any atom is 0.231 e. The van der Waals surface area contributed by atoms with Crippen molar-refractivity contribution in [3.05, 3.63) is 58.8 Å². The van der Waals surface area contributed by atoms with Gasteiger partial charge in [0.2, 0.25) is 6.79 Å². The van der Waals surface area contributed by atoms with Crippen LogP contribution in [0.15, 0.2) is 36.4 Å². The lowest BCUT2D eigenvalue weighted by molar-refractivity contribution is 0.157. The summed E-state index contributed by atoms with van der Waals surface area (Å²) in [7, 11) is 2.21. The standard InChI is InChI=1S/C21H20N2O2/c1-22-17-5-3-2-4-14(17)16-9-18-15-10-21-20(24-12-25-21)8-13(15)6-7-23(18)11-19(16)22/h2-5,8,10,18H,6-7,9,11-12H2,1H3/t18-/m1/s1. The molecule has 0 bridgehead atoms. The Hall–Kier alpha value is -2.46. The number of fused-ring (bicyclic) bond motifs is 7. The van der Waals surface area contributed by atoms with Gasteiger partial charge in [0.25, 0.3) is 0 Å². The van der Waals surface area contributed by atoms with E-state index in [1.54, 1.807) is 0 Å². The van der Waals surface area contributed by atoms with Crippen molar-refractivity contribution < 1.29 is 9.47 Å². The average molecular weight is 332 g/mol. The molecule has 3 aliphatic heterocycles. The van der Waals surface area contributed by atoms with Gasteiger partial charge in [0.15, 0.2) is 11.5 Å². The van der Waals surface area contributed by atoms with E-state index >= 15 is 0 Å². The normalized spacial score (nSPS) is 21.1. The first-order valence-electron chi connectivity index (χ1n) is 9.01. The van der Waals surface area contributed by atoms with Crippen LogP contribution in [0.3, 0.4) is 0 Å². The second-order valence-electron chi connectivity index (χ2n) is 7.35. The van der Waals surface area contributed by atoms with Crippen LogP contribution in [0.5, 0.6) is 11.5 Å². The summed E-state index contributed by atoms with van der Waals surface area (Å²) in [5.74, 6) is 1.82. The molecule has 0 saturated heterocycles. The van der Waals surface area contributed by atoms with E-state index < -0.39 is 0 Å². The molecular formula is C21H20N2O2. The van der Waals surface area contributed by atoms with Crippen molar-refractivity contribution in [2.24, 2.45) is 7.05 Å². The zero-order valence-corrected chi connectivity index (χ0v) is 14.3. The molecular weight excluding hydrogens is 312 g/mol.